The van der Waals surface area contributed by atoms with Crippen molar-refractivity contribution in [2.45, 2.75) is 12.2 Å². The van der Waals surface area contributed by atoms with Crippen molar-refractivity contribution in [3.8, 4) is 5.75 Å². The van der Waals surface area contributed by atoms with Gasteiger partial charge < -0.3 is 21.1 Å². The largest absolute Gasteiger partial charge is 0.508 e. The minimum Gasteiger partial charge on any atom is -0.508 e. The summed E-state index contributed by atoms with van der Waals surface area (Å²) < 4.78 is 0. The summed E-state index contributed by atoms with van der Waals surface area (Å²) in [5.41, 5.74) is 6.15. The first-order valence-corrected chi connectivity index (χ1v) is 5.19. The van der Waals surface area contributed by atoms with E-state index in [1.54, 1.807) is 0 Å². The van der Waals surface area contributed by atoms with Crippen LogP contribution in [0, 0.1) is 0 Å². The predicted octanol–water partition coefficient (Wildman–Crippen LogP) is 0.764. The maximum Gasteiger partial charge on any atom is 0.121 e. The van der Waals surface area contributed by atoms with Gasteiger partial charge in [-0.3, -0.25) is 0 Å². The molecule has 0 heterocycles. The predicted molar refractivity (Wildman–Crippen MR) is 57.3 cm³/mol. The van der Waals surface area contributed by atoms with Gasteiger partial charge in [0.05, 0.1) is 6.10 Å². The summed E-state index contributed by atoms with van der Waals surface area (Å²) in [4.78, 5) is 0. The SMILES string of the molecule is Nc1ccc(O)c(C(O)C(O)CBr)c1. The van der Waals surface area contributed by atoms with Crippen LogP contribution >= 0.6 is 15.9 Å². The first-order chi connectivity index (χ1) is 6.56. The molecular formula is C9H12BrNO3. The zero-order valence-electron chi connectivity index (χ0n) is 7.39. The van der Waals surface area contributed by atoms with E-state index in [0.717, 1.165) is 0 Å². The Kier molecular flexibility index (Phi) is 3.74. The van der Waals surface area contributed by atoms with Gasteiger partial charge in [0.1, 0.15) is 11.9 Å². The molecule has 0 saturated heterocycles. The Balaban J connectivity index is 2.99. The summed E-state index contributed by atoms with van der Waals surface area (Å²) in [6.07, 6.45) is -2.11. The highest BCUT2D eigenvalue weighted by Gasteiger charge is 2.20. The smallest absolute Gasteiger partial charge is 0.121 e. The second-order valence-electron chi connectivity index (χ2n) is 2.98. The molecule has 0 spiro atoms. The van der Waals surface area contributed by atoms with E-state index in [0.29, 0.717) is 5.69 Å². The number of aliphatic hydroxyl groups excluding tert-OH is 2. The second-order valence-corrected chi connectivity index (χ2v) is 3.63. The molecule has 0 amide bonds. The Labute approximate surface area is 90.1 Å². The lowest BCUT2D eigenvalue weighted by Gasteiger charge is -2.17. The van der Waals surface area contributed by atoms with Crippen LogP contribution in [0.1, 0.15) is 11.7 Å². The molecule has 1 aromatic rings. The molecular weight excluding hydrogens is 250 g/mol. The zero-order chi connectivity index (χ0) is 10.7. The molecule has 78 valence electrons. The maximum absolute atomic E-state index is 9.60. The number of alkyl halides is 1. The Hall–Kier alpha value is -0.780. The van der Waals surface area contributed by atoms with Gasteiger partial charge in [-0.05, 0) is 18.2 Å². The topological polar surface area (TPSA) is 86.7 Å². The molecule has 4 nitrogen and oxygen atoms in total. The molecule has 5 N–H and O–H groups in total. The maximum atomic E-state index is 9.60. The molecule has 0 aliphatic carbocycles. The number of phenolic OH excluding ortho intramolecular Hbond substituents is 1. The van der Waals surface area contributed by atoms with E-state index in [9.17, 15) is 15.3 Å². The van der Waals surface area contributed by atoms with Crippen LogP contribution in [0.25, 0.3) is 0 Å². The number of halogens is 1. The quantitative estimate of drug-likeness (QED) is 0.368. The van der Waals surface area contributed by atoms with E-state index >= 15 is 0 Å². The highest BCUT2D eigenvalue weighted by atomic mass is 79.9. The minimum absolute atomic E-state index is 0.0771. The molecule has 0 aliphatic heterocycles. The summed E-state index contributed by atoms with van der Waals surface area (Å²) in [5.74, 6) is -0.0771. The number of rotatable bonds is 3. The van der Waals surface area contributed by atoms with E-state index < -0.39 is 12.2 Å². The lowest BCUT2D eigenvalue weighted by Crippen LogP contribution is -2.19. The molecule has 14 heavy (non-hydrogen) atoms. The summed E-state index contributed by atoms with van der Waals surface area (Å²) >= 11 is 3.03. The van der Waals surface area contributed by atoms with Crippen molar-refractivity contribution in [2.24, 2.45) is 0 Å². The van der Waals surface area contributed by atoms with Crippen molar-refractivity contribution in [3.05, 3.63) is 23.8 Å². The highest BCUT2D eigenvalue weighted by Crippen LogP contribution is 2.28. The standard InChI is InChI=1S/C9H12BrNO3/c10-4-8(13)9(14)6-3-5(11)1-2-7(6)12/h1-3,8-9,12-14H,4,11H2. The lowest BCUT2D eigenvalue weighted by molar-refractivity contribution is 0.0328. The van der Waals surface area contributed by atoms with Crippen LogP contribution in [0.4, 0.5) is 5.69 Å². The third-order valence-electron chi connectivity index (χ3n) is 1.89. The third kappa shape index (κ3) is 2.37. The van der Waals surface area contributed by atoms with Gasteiger partial charge in [0.25, 0.3) is 0 Å². The molecule has 0 fully saturated rings. The fourth-order valence-electron chi connectivity index (χ4n) is 1.10. The fourth-order valence-corrected chi connectivity index (χ4v) is 1.46. The van der Waals surface area contributed by atoms with Crippen molar-refractivity contribution in [1.29, 1.82) is 0 Å². The minimum atomic E-state index is -1.14. The van der Waals surface area contributed by atoms with Gasteiger partial charge in [0, 0.05) is 16.6 Å². The van der Waals surface area contributed by atoms with E-state index in [1.807, 2.05) is 0 Å². The summed E-state index contributed by atoms with van der Waals surface area (Å²) in [6.45, 7) is 0. The van der Waals surface area contributed by atoms with Crippen molar-refractivity contribution < 1.29 is 15.3 Å². The number of hydrogen-bond acceptors (Lipinski definition) is 4. The van der Waals surface area contributed by atoms with Gasteiger partial charge in [0.15, 0.2) is 0 Å². The van der Waals surface area contributed by atoms with Crippen molar-refractivity contribution in [3.63, 3.8) is 0 Å². The second kappa shape index (κ2) is 4.63. The number of aliphatic hydroxyl groups is 2. The number of nitrogen functional groups attached to an aromatic ring is 1. The summed E-state index contributed by atoms with van der Waals surface area (Å²) in [7, 11) is 0. The van der Waals surface area contributed by atoms with E-state index in [-0.39, 0.29) is 16.6 Å². The number of phenols is 1. The van der Waals surface area contributed by atoms with E-state index in [4.69, 9.17) is 5.73 Å². The lowest BCUT2D eigenvalue weighted by atomic mass is 10.0. The first-order valence-electron chi connectivity index (χ1n) is 4.06. The Morgan fingerprint density at radius 3 is 2.57 bits per heavy atom. The Bertz CT molecular complexity index is 319. The van der Waals surface area contributed by atoms with E-state index in [2.05, 4.69) is 15.9 Å². The Morgan fingerprint density at radius 2 is 2.00 bits per heavy atom. The molecule has 0 saturated carbocycles. The van der Waals surface area contributed by atoms with Gasteiger partial charge >= 0.3 is 0 Å². The van der Waals surface area contributed by atoms with Crippen molar-refractivity contribution >= 4 is 21.6 Å². The molecule has 0 aliphatic rings. The molecule has 0 radical (unpaired) electrons. The van der Waals surface area contributed by atoms with Crippen molar-refractivity contribution in [1.82, 2.24) is 0 Å². The highest BCUT2D eigenvalue weighted by molar-refractivity contribution is 9.09. The normalized spacial score (nSPS) is 15.1. The molecule has 2 atom stereocenters. The first kappa shape index (κ1) is 11.3. The average molecular weight is 262 g/mol. The zero-order valence-corrected chi connectivity index (χ0v) is 8.98. The molecule has 0 bridgehead atoms. The van der Waals surface area contributed by atoms with Crippen LogP contribution < -0.4 is 5.73 Å². The number of nitrogens with two attached hydrogens (primary N) is 1. The summed E-state index contributed by atoms with van der Waals surface area (Å²) in [6, 6.07) is 4.34. The van der Waals surface area contributed by atoms with Gasteiger partial charge in [-0.25, -0.2) is 0 Å². The molecule has 2 unspecified atom stereocenters. The fraction of sp³-hybridized carbons (Fsp3) is 0.333. The van der Waals surface area contributed by atoms with Crippen LogP contribution in [0.15, 0.2) is 18.2 Å². The number of aromatic hydroxyl groups is 1. The summed E-state index contributed by atoms with van der Waals surface area (Å²) in [5, 5.41) is 28.6. The average Bonchev–Trinajstić information content (AvgIpc) is 2.19. The third-order valence-corrected chi connectivity index (χ3v) is 2.56. The van der Waals surface area contributed by atoms with Gasteiger partial charge in [-0.1, -0.05) is 15.9 Å². The van der Waals surface area contributed by atoms with Gasteiger partial charge in [-0.2, -0.15) is 0 Å². The molecule has 5 heteroatoms. The van der Waals surface area contributed by atoms with Gasteiger partial charge in [0.2, 0.25) is 0 Å². The Morgan fingerprint density at radius 1 is 1.36 bits per heavy atom. The molecule has 1 aromatic carbocycles. The van der Waals surface area contributed by atoms with Crippen LogP contribution in [0.5, 0.6) is 5.75 Å². The van der Waals surface area contributed by atoms with Crippen LogP contribution in [-0.2, 0) is 0 Å². The van der Waals surface area contributed by atoms with E-state index in [1.165, 1.54) is 18.2 Å². The van der Waals surface area contributed by atoms with Crippen LogP contribution in [0.3, 0.4) is 0 Å². The number of benzene rings is 1. The van der Waals surface area contributed by atoms with Crippen LogP contribution in [-0.4, -0.2) is 26.8 Å². The van der Waals surface area contributed by atoms with Crippen LogP contribution in [0.2, 0.25) is 0 Å². The molecule has 0 aromatic heterocycles. The van der Waals surface area contributed by atoms with Gasteiger partial charge in [-0.15, -0.1) is 0 Å². The van der Waals surface area contributed by atoms with Crippen molar-refractivity contribution in [2.75, 3.05) is 11.1 Å². The number of anilines is 1. The molecule has 1 rings (SSSR count). The number of hydrogen-bond donors (Lipinski definition) is 4. The monoisotopic (exact) mass is 261 g/mol.